The zero-order valence-corrected chi connectivity index (χ0v) is 15.7. The fourth-order valence-corrected chi connectivity index (χ4v) is 3.22. The summed E-state index contributed by atoms with van der Waals surface area (Å²) in [5.41, 5.74) is -0.185. The molecule has 1 unspecified atom stereocenters. The Balaban J connectivity index is 2.91. The number of nitrogens with two attached hydrogens (primary N) is 1. The van der Waals surface area contributed by atoms with Gasteiger partial charge in [-0.25, -0.2) is 4.68 Å². The molecular weight excluding hydrogens is 298 g/mol. The Bertz CT molecular complexity index is 510. The summed E-state index contributed by atoms with van der Waals surface area (Å²) in [7, 11) is 0. The standard InChI is InChI=1S/C15H29N5OS/c1-9(2)19(10(3)4)12(21)11(5)22-14-18-17-13(20(14)16)15(6,7)8/h9-11H,16H2,1-8H3. The van der Waals surface area contributed by atoms with Crippen LogP contribution >= 0.6 is 11.8 Å². The van der Waals surface area contributed by atoms with Gasteiger partial charge in [0.25, 0.3) is 0 Å². The van der Waals surface area contributed by atoms with Gasteiger partial charge in [-0.3, -0.25) is 4.79 Å². The maximum Gasteiger partial charge on any atom is 0.236 e. The van der Waals surface area contributed by atoms with Gasteiger partial charge >= 0.3 is 0 Å². The van der Waals surface area contributed by atoms with E-state index >= 15 is 0 Å². The van der Waals surface area contributed by atoms with Gasteiger partial charge < -0.3 is 10.7 Å². The molecule has 7 heteroatoms. The second kappa shape index (κ2) is 6.89. The molecule has 0 fully saturated rings. The molecule has 1 atom stereocenters. The van der Waals surface area contributed by atoms with Gasteiger partial charge in [-0.1, -0.05) is 32.5 Å². The average molecular weight is 327 g/mol. The summed E-state index contributed by atoms with van der Waals surface area (Å²) >= 11 is 1.35. The highest BCUT2D eigenvalue weighted by molar-refractivity contribution is 8.00. The third-order valence-electron chi connectivity index (χ3n) is 3.33. The monoisotopic (exact) mass is 327 g/mol. The van der Waals surface area contributed by atoms with E-state index in [4.69, 9.17) is 5.84 Å². The van der Waals surface area contributed by atoms with E-state index in [9.17, 15) is 4.79 Å². The largest absolute Gasteiger partial charge is 0.337 e. The van der Waals surface area contributed by atoms with Gasteiger partial charge in [0.1, 0.15) is 0 Å². The molecule has 0 radical (unpaired) electrons. The Labute approximate surface area is 137 Å². The summed E-state index contributed by atoms with van der Waals surface area (Å²) in [6.07, 6.45) is 0. The molecule has 0 aromatic carbocycles. The SMILES string of the molecule is CC(Sc1nnc(C(C)(C)C)n1N)C(=O)N(C(C)C)C(C)C. The minimum Gasteiger partial charge on any atom is -0.337 e. The van der Waals surface area contributed by atoms with Gasteiger partial charge in [-0.2, -0.15) is 0 Å². The minimum atomic E-state index is -0.260. The van der Waals surface area contributed by atoms with Crippen LogP contribution in [0.3, 0.4) is 0 Å². The summed E-state index contributed by atoms with van der Waals surface area (Å²) in [5.74, 6) is 6.88. The molecule has 0 aliphatic carbocycles. The summed E-state index contributed by atoms with van der Waals surface area (Å²) in [6.45, 7) is 16.1. The van der Waals surface area contributed by atoms with Crippen LogP contribution in [0.1, 0.15) is 61.2 Å². The van der Waals surface area contributed by atoms with Crippen LogP contribution in [-0.2, 0) is 10.2 Å². The first-order valence-corrected chi connectivity index (χ1v) is 8.54. The van der Waals surface area contributed by atoms with E-state index < -0.39 is 0 Å². The first-order chi connectivity index (χ1) is 9.96. The number of carbonyl (C=O) groups excluding carboxylic acids is 1. The number of aromatic nitrogens is 3. The fraction of sp³-hybridized carbons (Fsp3) is 0.800. The van der Waals surface area contributed by atoms with Crippen molar-refractivity contribution in [2.75, 3.05) is 5.84 Å². The molecule has 0 spiro atoms. The highest BCUT2D eigenvalue weighted by Crippen LogP contribution is 2.27. The first kappa shape index (κ1) is 18.8. The molecule has 0 bridgehead atoms. The topological polar surface area (TPSA) is 77.0 Å². The molecule has 2 N–H and O–H groups in total. The van der Waals surface area contributed by atoms with Gasteiger partial charge in [0.15, 0.2) is 5.82 Å². The second-order valence-electron chi connectivity index (χ2n) is 7.12. The molecule has 0 aliphatic heterocycles. The Morgan fingerprint density at radius 3 is 2.00 bits per heavy atom. The van der Waals surface area contributed by atoms with Crippen molar-refractivity contribution in [3.63, 3.8) is 0 Å². The van der Waals surface area contributed by atoms with E-state index in [1.807, 2.05) is 60.3 Å². The molecule has 0 saturated carbocycles. The molecule has 1 heterocycles. The molecule has 1 aromatic rings. The molecule has 0 aliphatic rings. The van der Waals surface area contributed by atoms with Crippen LogP contribution in [0.15, 0.2) is 5.16 Å². The van der Waals surface area contributed by atoms with Crippen LogP contribution in [0.4, 0.5) is 0 Å². The quantitative estimate of drug-likeness (QED) is 0.664. The van der Waals surface area contributed by atoms with E-state index in [1.165, 1.54) is 16.4 Å². The number of hydrogen-bond donors (Lipinski definition) is 1. The van der Waals surface area contributed by atoms with Gasteiger partial charge in [0.05, 0.1) is 5.25 Å². The summed E-state index contributed by atoms with van der Waals surface area (Å²) in [5, 5.41) is 8.60. The number of carbonyl (C=O) groups is 1. The lowest BCUT2D eigenvalue weighted by molar-refractivity contribution is -0.133. The van der Waals surface area contributed by atoms with Crippen LogP contribution in [0.5, 0.6) is 0 Å². The Kier molecular flexibility index (Phi) is 5.89. The van der Waals surface area contributed by atoms with Crippen molar-refractivity contribution in [2.45, 2.75) is 83.3 Å². The molecule has 6 nitrogen and oxygen atoms in total. The van der Waals surface area contributed by atoms with Crippen molar-refractivity contribution in [1.29, 1.82) is 0 Å². The maximum atomic E-state index is 12.7. The zero-order valence-electron chi connectivity index (χ0n) is 14.9. The van der Waals surface area contributed by atoms with Gasteiger partial charge in [-0.05, 0) is 34.6 Å². The molecule has 1 amide bonds. The summed E-state index contributed by atoms with van der Waals surface area (Å²) in [6, 6.07) is 0.327. The Morgan fingerprint density at radius 1 is 1.14 bits per heavy atom. The first-order valence-electron chi connectivity index (χ1n) is 7.66. The van der Waals surface area contributed by atoms with Crippen molar-refractivity contribution in [3.05, 3.63) is 5.82 Å². The van der Waals surface area contributed by atoms with Gasteiger partial charge in [0, 0.05) is 17.5 Å². The summed E-state index contributed by atoms with van der Waals surface area (Å²) in [4.78, 5) is 14.5. The third kappa shape index (κ3) is 4.15. The van der Waals surface area contributed by atoms with Crippen LogP contribution < -0.4 is 5.84 Å². The van der Waals surface area contributed by atoms with Crippen molar-refractivity contribution in [1.82, 2.24) is 19.8 Å². The van der Waals surface area contributed by atoms with Crippen molar-refractivity contribution >= 4 is 17.7 Å². The van der Waals surface area contributed by atoms with Crippen LogP contribution in [0.2, 0.25) is 0 Å². The van der Waals surface area contributed by atoms with Gasteiger partial charge in [0.2, 0.25) is 11.1 Å². The van der Waals surface area contributed by atoms with Crippen LogP contribution in [-0.4, -0.2) is 43.0 Å². The number of nitrogen functional groups attached to an aromatic ring is 1. The molecule has 0 saturated heterocycles. The molecule has 126 valence electrons. The normalized spacial score (nSPS) is 13.7. The molecule has 22 heavy (non-hydrogen) atoms. The number of amides is 1. The lowest BCUT2D eigenvalue weighted by atomic mass is 9.96. The second-order valence-corrected chi connectivity index (χ2v) is 8.43. The molecule has 1 rings (SSSR count). The Hall–Kier alpha value is -1.24. The minimum absolute atomic E-state index is 0.0929. The summed E-state index contributed by atoms with van der Waals surface area (Å²) < 4.78 is 1.49. The number of thioether (sulfide) groups is 1. The Morgan fingerprint density at radius 2 is 1.64 bits per heavy atom. The number of nitrogens with zero attached hydrogens (tertiary/aromatic N) is 4. The van der Waals surface area contributed by atoms with E-state index in [2.05, 4.69) is 10.2 Å². The van der Waals surface area contributed by atoms with E-state index in [-0.39, 0.29) is 28.7 Å². The van der Waals surface area contributed by atoms with Crippen LogP contribution in [0, 0.1) is 0 Å². The van der Waals surface area contributed by atoms with E-state index in [1.54, 1.807) is 0 Å². The average Bonchev–Trinajstić information content (AvgIpc) is 2.69. The van der Waals surface area contributed by atoms with Crippen molar-refractivity contribution in [2.24, 2.45) is 0 Å². The third-order valence-corrected chi connectivity index (χ3v) is 4.38. The number of rotatable bonds is 5. The lowest BCUT2D eigenvalue weighted by Gasteiger charge is -2.32. The van der Waals surface area contributed by atoms with Gasteiger partial charge in [-0.15, -0.1) is 10.2 Å². The fourth-order valence-electron chi connectivity index (χ4n) is 2.39. The van der Waals surface area contributed by atoms with Crippen molar-refractivity contribution in [3.8, 4) is 0 Å². The lowest BCUT2D eigenvalue weighted by Crippen LogP contribution is -2.45. The van der Waals surface area contributed by atoms with Crippen molar-refractivity contribution < 1.29 is 4.79 Å². The van der Waals surface area contributed by atoms with Crippen LogP contribution in [0.25, 0.3) is 0 Å². The molecular formula is C15H29N5OS. The predicted octanol–water partition coefficient (Wildman–Crippen LogP) is 2.42. The highest BCUT2D eigenvalue weighted by Gasteiger charge is 2.29. The maximum absolute atomic E-state index is 12.7. The van der Waals surface area contributed by atoms with E-state index in [0.717, 1.165) is 0 Å². The zero-order chi connectivity index (χ0) is 17.2. The predicted molar refractivity (Wildman–Crippen MR) is 91.3 cm³/mol. The smallest absolute Gasteiger partial charge is 0.236 e. The molecule has 1 aromatic heterocycles. The highest BCUT2D eigenvalue weighted by atomic mass is 32.2. The van der Waals surface area contributed by atoms with E-state index in [0.29, 0.717) is 11.0 Å². The number of hydrogen-bond acceptors (Lipinski definition) is 5.